The molecular weight excluding hydrogens is 346 g/mol. The molecule has 3 aromatic rings. The zero-order chi connectivity index (χ0) is 19.2. The van der Waals surface area contributed by atoms with Gasteiger partial charge in [0.1, 0.15) is 0 Å². The van der Waals surface area contributed by atoms with E-state index in [1.54, 1.807) is 28.6 Å². The van der Waals surface area contributed by atoms with Gasteiger partial charge < -0.3 is 10.1 Å². The highest BCUT2D eigenvalue weighted by molar-refractivity contribution is 5.77. The van der Waals surface area contributed by atoms with Gasteiger partial charge in [-0.05, 0) is 24.6 Å². The molecule has 3 rings (SSSR count). The Bertz CT molecular complexity index is 979. The van der Waals surface area contributed by atoms with Crippen LogP contribution in [0.5, 0.6) is 0 Å². The number of ether oxygens (including phenoxy) is 1. The first-order chi connectivity index (χ1) is 13.1. The van der Waals surface area contributed by atoms with Crippen molar-refractivity contribution in [2.24, 2.45) is 7.05 Å². The van der Waals surface area contributed by atoms with Crippen molar-refractivity contribution < 1.29 is 9.53 Å². The second-order valence-corrected chi connectivity index (χ2v) is 6.32. The maximum Gasteiger partial charge on any atom is 0.261 e. The lowest BCUT2D eigenvalue weighted by Gasteiger charge is -2.18. The zero-order valence-corrected chi connectivity index (χ0v) is 15.5. The van der Waals surface area contributed by atoms with Gasteiger partial charge in [-0.3, -0.25) is 18.8 Å². The fourth-order valence-electron chi connectivity index (χ4n) is 3.04. The van der Waals surface area contributed by atoms with Crippen LogP contribution in [0, 0.1) is 0 Å². The Morgan fingerprint density at radius 2 is 2.11 bits per heavy atom. The topological polar surface area (TPSA) is 91.0 Å². The van der Waals surface area contributed by atoms with Crippen LogP contribution in [0.15, 0.2) is 47.7 Å². The second-order valence-electron chi connectivity index (χ2n) is 6.32. The summed E-state index contributed by atoms with van der Waals surface area (Å²) < 4.78 is 8.46. The Morgan fingerprint density at radius 1 is 1.30 bits per heavy atom. The van der Waals surface area contributed by atoms with Gasteiger partial charge in [0.15, 0.2) is 0 Å². The lowest BCUT2D eigenvalue weighted by molar-refractivity contribution is -0.122. The van der Waals surface area contributed by atoms with Crippen molar-refractivity contribution in [2.45, 2.75) is 25.4 Å². The van der Waals surface area contributed by atoms with Crippen molar-refractivity contribution >= 4 is 16.8 Å². The Hall–Kier alpha value is -3.00. The van der Waals surface area contributed by atoms with Crippen LogP contribution in [-0.4, -0.2) is 39.0 Å². The summed E-state index contributed by atoms with van der Waals surface area (Å²) in [6.45, 7) is 0.796. The van der Waals surface area contributed by atoms with Gasteiger partial charge in [-0.2, -0.15) is 5.10 Å². The maximum atomic E-state index is 12.5. The molecule has 142 valence electrons. The standard InChI is InChI=1S/C19H23N5O3/c1-23-17(9-10-21-23)16(12-27-2)22-18(25)8-5-11-24-13-20-15-7-4-3-6-14(15)19(24)26/h3-4,6-7,9-10,13,16H,5,8,11-12H2,1-2H3,(H,22,25)/t16-/m0/s1. The number of benzene rings is 1. The third-order valence-electron chi connectivity index (χ3n) is 4.42. The van der Waals surface area contributed by atoms with E-state index in [0.717, 1.165) is 5.69 Å². The molecule has 0 unspecified atom stereocenters. The number of carbonyl (C=O) groups excluding carboxylic acids is 1. The Labute approximate surface area is 156 Å². The Kier molecular flexibility index (Phi) is 5.97. The summed E-state index contributed by atoms with van der Waals surface area (Å²) in [5.74, 6) is -0.0972. The Balaban J connectivity index is 1.58. The highest BCUT2D eigenvalue weighted by atomic mass is 16.5. The lowest BCUT2D eigenvalue weighted by Crippen LogP contribution is -2.32. The molecule has 0 aliphatic carbocycles. The van der Waals surface area contributed by atoms with Crippen LogP contribution in [0.25, 0.3) is 10.9 Å². The van der Waals surface area contributed by atoms with Crippen LogP contribution in [0.3, 0.4) is 0 Å². The number of nitrogens with zero attached hydrogens (tertiary/aromatic N) is 4. The summed E-state index contributed by atoms with van der Waals surface area (Å²) in [4.78, 5) is 29.1. The number of hydrogen-bond acceptors (Lipinski definition) is 5. The lowest BCUT2D eigenvalue weighted by atomic mass is 10.2. The van der Waals surface area contributed by atoms with Crippen LogP contribution in [0.2, 0.25) is 0 Å². The van der Waals surface area contributed by atoms with E-state index in [-0.39, 0.29) is 17.5 Å². The molecule has 0 saturated heterocycles. The van der Waals surface area contributed by atoms with Crippen LogP contribution in [0.1, 0.15) is 24.6 Å². The number of methoxy groups -OCH3 is 1. The molecule has 0 aliphatic heterocycles. The minimum atomic E-state index is -0.264. The van der Waals surface area contributed by atoms with E-state index >= 15 is 0 Å². The van der Waals surface area contributed by atoms with E-state index in [0.29, 0.717) is 36.9 Å². The number of fused-ring (bicyclic) bond motifs is 1. The van der Waals surface area contributed by atoms with Crippen molar-refractivity contribution in [2.75, 3.05) is 13.7 Å². The molecule has 0 spiro atoms. The molecule has 8 nitrogen and oxygen atoms in total. The molecule has 27 heavy (non-hydrogen) atoms. The van der Waals surface area contributed by atoms with Gasteiger partial charge in [0.05, 0.1) is 35.6 Å². The Morgan fingerprint density at radius 3 is 2.85 bits per heavy atom. The number of nitrogens with one attached hydrogen (secondary N) is 1. The summed E-state index contributed by atoms with van der Waals surface area (Å²) in [5, 5.41) is 7.68. The highest BCUT2D eigenvalue weighted by Gasteiger charge is 2.17. The number of hydrogen-bond donors (Lipinski definition) is 1. The number of amides is 1. The summed E-state index contributed by atoms with van der Waals surface area (Å²) >= 11 is 0. The highest BCUT2D eigenvalue weighted by Crippen LogP contribution is 2.12. The van der Waals surface area contributed by atoms with Gasteiger partial charge >= 0.3 is 0 Å². The summed E-state index contributed by atoms with van der Waals surface area (Å²) in [6, 6.07) is 8.82. The SMILES string of the molecule is COC[C@H](NC(=O)CCCn1cnc2ccccc2c1=O)c1ccnn1C. The van der Waals surface area contributed by atoms with Crippen LogP contribution < -0.4 is 10.9 Å². The molecule has 1 aromatic carbocycles. The summed E-state index contributed by atoms with van der Waals surface area (Å²) in [5.41, 5.74) is 1.46. The average Bonchev–Trinajstić information content (AvgIpc) is 3.09. The fourth-order valence-corrected chi connectivity index (χ4v) is 3.04. The molecule has 0 radical (unpaired) electrons. The van der Waals surface area contributed by atoms with E-state index in [4.69, 9.17) is 4.74 Å². The monoisotopic (exact) mass is 369 g/mol. The average molecular weight is 369 g/mol. The van der Waals surface area contributed by atoms with Crippen LogP contribution >= 0.6 is 0 Å². The van der Waals surface area contributed by atoms with Gasteiger partial charge in [0.2, 0.25) is 5.91 Å². The molecule has 0 aliphatic rings. The number of carbonyl (C=O) groups is 1. The number of aromatic nitrogens is 4. The predicted molar refractivity (Wildman–Crippen MR) is 101 cm³/mol. The first kappa shape index (κ1) is 18.8. The van der Waals surface area contributed by atoms with Crippen LogP contribution in [0.4, 0.5) is 0 Å². The van der Waals surface area contributed by atoms with Crippen molar-refractivity contribution in [3.8, 4) is 0 Å². The normalized spacial score (nSPS) is 12.2. The third kappa shape index (κ3) is 4.40. The molecule has 1 atom stereocenters. The minimum Gasteiger partial charge on any atom is -0.382 e. The second kappa shape index (κ2) is 8.59. The van der Waals surface area contributed by atoms with E-state index in [9.17, 15) is 9.59 Å². The van der Waals surface area contributed by atoms with E-state index in [1.165, 1.54) is 6.33 Å². The summed E-state index contributed by atoms with van der Waals surface area (Å²) in [6.07, 6.45) is 4.06. The number of aryl methyl sites for hydroxylation is 2. The first-order valence-corrected chi connectivity index (χ1v) is 8.80. The zero-order valence-electron chi connectivity index (χ0n) is 15.5. The maximum absolute atomic E-state index is 12.5. The molecular formula is C19H23N5O3. The van der Waals surface area contributed by atoms with E-state index < -0.39 is 0 Å². The minimum absolute atomic E-state index is 0.0897. The first-order valence-electron chi connectivity index (χ1n) is 8.80. The molecule has 1 amide bonds. The largest absolute Gasteiger partial charge is 0.382 e. The number of para-hydroxylation sites is 1. The molecule has 0 fully saturated rings. The molecule has 0 saturated carbocycles. The summed E-state index contributed by atoms with van der Waals surface area (Å²) in [7, 11) is 3.41. The van der Waals surface area contributed by atoms with E-state index in [1.807, 2.05) is 31.3 Å². The van der Waals surface area contributed by atoms with Crippen LogP contribution in [-0.2, 0) is 23.1 Å². The van der Waals surface area contributed by atoms with Gasteiger partial charge in [-0.15, -0.1) is 0 Å². The van der Waals surface area contributed by atoms with Crippen molar-refractivity contribution in [1.29, 1.82) is 0 Å². The van der Waals surface area contributed by atoms with Crippen molar-refractivity contribution in [3.63, 3.8) is 0 Å². The van der Waals surface area contributed by atoms with Gasteiger partial charge in [-0.25, -0.2) is 4.98 Å². The molecule has 2 aromatic heterocycles. The van der Waals surface area contributed by atoms with Gasteiger partial charge in [-0.1, -0.05) is 12.1 Å². The number of rotatable bonds is 8. The van der Waals surface area contributed by atoms with Gasteiger partial charge in [0.25, 0.3) is 5.56 Å². The molecule has 2 heterocycles. The van der Waals surface area contributed by atoms with E-state index in [2.05, 4.69) is 15.4 Å². The molecule has 1 N–H and O–H groups in total. The van der Waals surface area contributed by atoms with Crippen molar-refractivity contribution in [3.05, 3.63) is 58.9 Å². The smallest absolute Gasteiger partial charge is 0.261 e. The molecule has 0 bridgehead atoms. The third-order valence-corrected chi connectivity index (χ3v) is 4.42. The molecule has 8 heteroatoms. The fraction of sp³-hybridized carbons (Fsp3) is 0.368. The van der Waals surface area contributed by atoms with Gasteiger partial charge in [0, 0.05) is 33.3 Å². The quantitative estimate of drug-likeness (QED) is 0.648. The van der Waals surface area contributed by atoms with Crippen molar-refractivity contribution in [1.82, 2.24) is 24.6 Å². The predicted octanol–water partition coefficient (Wildman–Crippen LogP) is 1.41.